The molecule has 2 aliphatic heterocycles. The predicted molar refractivity (Wildman–Crippen MR) is 103 cm³/mol. The van der Waals surface area contributed by atoms with Crippen molar-refractivity contribution in [3.8, 4) is 0 Å². The number of benzene rings is 1. The van der Waals surface area contributed by atoms with E-state index in [1.807, 2.05) is 4.90 Å². The monoisotopic (exact) mass is 391 g/mol. The molecule has 1 N–H and O–H groups in total. The van der Waals surface area contributed by atoms with Crippen molar-refractivity contribution < 1.29 is 23.5 Å². The van der Waals surface area contributed by atoms with Gasteiger partial charge in [-0.15, -0.1) is 0 Å². The van der Waals surface area contributed by atoms with E-state index in [1.165, 1.54) is 17.9 Å². The third-order valence-electron chi connectivity index (χ3n) is 5.23. The Hall–Kier alpha value is -2.64. The highest BCUT2D eigenvalue weighted by molar-refractivity contribution is 5.90. The van der Waals surface area contributed by atoms with Crippen LogP contribution in [-0.2, 0) is 14.3 Å². The Morgan fingerprint density at radius 3 is 2.57 bits per heavy atom. The van der Waals surface area contributed by atoms with Crippen molar-refractivity contribution >= 4 is 29.2 Å². The summed E-state index contributed by atoms with van der Waals surface area (Å²) in [5.74, 6) is -0.0168. The minimum atomic E-state index is -0.549. The Bertz CT molecular complexity index is 762. The van der Waals surface area contributed by atoms with Gasteiger partial charge in [0.05, 0.1) is 24.5 Å². The Morgan fingerprint density at radius 1 is 1.25 bits per heavy atom. The fraction of sp³-hybridized carbons (Fsp3) is 0.550. The molecule has 0 saturated carbocycles. The Balaban J connectivity index is 1.62. The summed E-state index contributed by atoms with van der Waals surface area (Å²) < 4.78 is 20.0. The predicted octanol–water partition coefficient (Wildman–Crippen LogP) is 2.48. The van der Waals surface area contributed by atoms with E-state index >= 15 is 0 Å². The number of nitrogens with zero attached hydrogens (tertiary/aromatic N) is 2. The van der Waals surface area contributed by atoms with E-state index in [1.54, 1.807) is 19.1 Å². The first-order chi connectivity index (χ1) is 13.3. The quantitative estimate of drug-likeness (QED) is 0.806. The zero-order chi connectivity index (χ0) is 20.3. The largest absolute Gasteiger partial charge is 0.442 e. The van der Waals surface area contributed by atoms with Crippen molar-refractivity contribution in [1.82, 2.24) is 5.32 Å². The van der Waals surface area contributed by atoms with Crippen LogP contribution in [0.1, 0.15) is 33.1 Å². The molecule has 0 spiro atoms. The molecule has 2 saturated heterocycles. The molecule has 0 aromatic heterocycles. The lowest BCUT2D eigenvalue weighted by Crippen LogP contribution is -2.35. The molecule has 2 fully saturated rings. The molecule has 2 heterocycles. The molecule has 8 heteroatoms. The van der Waals surface area contributed by atoms with Gasteiger partial charge in [0.25, 0.3) is 0 Å². The number of ketones is 1. The number of carbonyl (C=O) groups is 3. The van der Waals surface area contributed by atoms with Gasteiger partial charge in [0, 0.05) is 26.4 Å². The molecule has 28 heavy (non-hydrogen) atoms. The van der Waals surface area contributed by atoms with Crippen molar-refractivity contribution in [3.63, 3.8) is 0 Å². The summed E-state index contributed by atoms with van der Waals surface area (Å²) in [6.07, 6.45) is 1.31. The fourth-order valence-electron chi connectivity index (χ4n) is 3.80. The SMILES string of the molecule is CC(=O)CC1CCN(c2ccc(N3C[C@H](CNC(C)=O)OC3=O)cc2F)CC1. The summed E-state index contributed by atoms with van der Waals surface area (Å²) in [5.41, 5.74) is 0.940. The normalized spacial score (nSPS) is 20.2. The van der Waals surface area contributed by atoms with E-state index in [4.69, 9.17) is 4.74 Å². The highest BCUT2D eigenvalue weighted by atomic mass is 19.1. The van der Waals surface area contributed by atoms with Crippen LogP contribution in [0.25, 0.3) is 0 Å². The maximum absolute atomic E-state index is 14.7. The molecule has 1 atom stereocenters. The average molecular weight is 391 g/mol. The van der Waals surface area contributed by atoms with Gasteiger partial charge in [-0.3, -0.25) is 9.69 Å². The molecule has 1 aromatic carbocycles. The van der Waals surface area contributed by atoms with E-state index in [2.05, 4.69) is 5.32 Å². The van der Waals surface area contributed by atoms with Gasteiger partial charge in [0.1, 0.15) is 17.7 Å². The van der Waals surface area contributed by atoms with E-state index in [9.17, 15) is 18.8 Å². The van der Waals surface area contributed by atoms with Crippen LogP contribution >= 0.6 is 0 Å². The van der Waals surface area contributed by atoms with Crippen molar-refractivity contribution in [2.24, 2.45) is 5.92 Å². The molecule has 152 valence electrons. The van der Waals surface area contributed by atoms with E-state index in [-0.39, 0.29) is 30.6 Å². The fourth-order valence-corrected chi connectivity index (χ4v) is 3.80. The third-order valence-corrected chi connectivity index (χ3v) is 5.23. The topological polar surface area (TPSA) is 79.0 Å². The number of carbonyl (C=O) groups excluding carboxylic acids is 3. The van der Waals surface area contributed by atoms with Crippen molar-refractivity contribution in [2.45, 2.75) is 39.2 Å². The number of piperidine rings is 1. The van der Waals surface area contributed by atoms with Gasteiger partial charge in [0.15, 0.2) is 0 Å². The minimum absolute atomic E-state index is 0.197. The smallest absolute Gasteiger partial charge is 0.414 e. The summed E-state index contributed by atoms with van der Waals surface area (Å²) in [6, 6.07) is 4.74. The molecule has 7 nitrogen and oxygen atoms in total. The molecular formula is C20H26FN3O4. The standard InChI is InChI=1S/C20H26FN3O4/c1-13(25)9-15-5-7-23(8-6-15)19-4-3-16(10-18(19)21)24-12-17(28-20(24)27)11-22-14(2)26/h3-4,10,15,17H,5-9,11-12H2,1-2H3,(H,22,26)/t17-/m0/s1. The van der Waals surface area contributed by atoms with Gasteiger partial charge in [0.2, 0.25) is 5.91 Å². The zero-order valence-electron chi connectivity index (χ0n) is 16.2. The van der Waals surface area contributed by atoms with Crippen molar-refractivity contribution in [2.75, 3.05) is 36.0 Å². The van der Waals surface area contributed by atoms with Gasteiger partial charge in [-0.05, 0) is 43.9 Å². The molecule has 1 aromatic rings. The highest BCUT2D eigenvalue weighted by Crippen LogP contribution is 2.31. The second-order valence-electron chi connectivity index (χ2n) is 7.53. The Labute approximate surface area is 163 Å². The minimum Gasteiger partial charge on any atom is -0.442 e. The van der Waals surface area contributed by atoms with Crippen molar-refractivity contribution in [1.29, 1.82) is 0 Å². The summed E-state index contributed by atoms with van der Waals surface area (Å²) >= 11 is 0. The maximum Gasteiger partial charge on any atom is 0.414 e. The lowest BCUT2D eigenvalue weighted by Gasteiger charge is -2.33. The average Bonchev–Trinajstić information content (AvgIpc) is 3.01. The van der Waals surface area contributed by atoms with Gasteiger partial charge in [-0.25, -0.2) is 9.18 Å². The molecule has 0 radical (unpaired) electrons. The van der Waals surface area contributed by atoms with Crippen LogP contribution in [0.15, 0.2) is 18.2 Å². The molecule has 0 unspecified atom stereocenters. The number of nitrogens with one attached hydrogen (secondary N) is 1. The van der Waals surface area contributed by atoms with Crippen LogP contribution in [-0.4, -0.2) is 50.1 Å². The summed E-state index contributed by atoms with van der Waals surface area (Å²) in [5, 5.41) is 2.61. The number of cyclic esters (lactones) is 1. The van der Waals surface area contributed by atoms with Crippen LogP contribution < -0.4 is 15.1 Å². The van der Waals surface area contributed by atoms with E-state index in [0.717, 1.165) is 12.8 Å². The first kappa shape index (κ1) is 20.1. The Kier molecular flexibility index (Phi) is 6.16. The number of amides is 2. The van der Waals surface area contributed by atoms with Crippen LogP contribution in [0, 0.1) is 11.7 Å². The lowest BCUT2D eigenvalue weighted by atomic mass is 9.92. The number of Topliss-reactive ketones (excluding diaryl/α,β-unsaturated/α-hetero) is 1. The third kappa shape index (κ3) is 4.79. The summed E-state index contributed by atoms with van der Waals surface area (Å²) in [7, 11) is 0. The molecule has 3 rings (SSSR count). The van der Waals surface area contributed by atoms with Crippen LogP contribution in [0.4, 0.5) is 20.6 Å². The maximum atomic E-state index is 14.7. The first-order valence-corrected chi connectivity index (χ1v) is 9.60. The molecule has 0 aliphatic carbocycles. The van der Waals surface area contributed by atoms with E-state index < -0.39 is 12.2 Å². The highest BCUT2D eigenvalue weighted by Gasteiger charge is 2.33. The summed E-state index contributed by atoms with van der Waals surface area (Å²) in [6.45, 7) is 4.90. The number of hydrogen-bond donors (Lipinski definition) is 1. The second-order valence-corrected chi connectivity index (χ2v) is 7.53. The molecule has 2 amide bonds. The van der Waals surface area contributed by atoms with Gasteiger partial charge in [-0.1, -0.05) is 0 Å². The number of halogens is 1. The summed E-state index contributed by atoms with van der Waals surface area (Å²) in [4.78, 5) is 37.7. The number of rotatable bonds is 6. The molecule has 2 aliphatic rings. The van der Waals surface area contributed by atoms with Gasteiger partial charge in [-0.2, -0.15) is 0 Å². The number of anilines is 2. The van der Waals surface area contributed by atoms with Crippen LogP contribution in [0.3, 0.4) is 0 Å². The Morgan fingerprint density at radius 2 is 1.96 bits per heavy atom. The second kappa shape index (κ2) is 8.58. The zero-order valence-corrected chi connectivity index (χ0v) is 16.2. The van der Waals surface area contributed by atoms with Crippen LogP contribution in [0.2, 0.25) is 0 Å². The van der Waals surface area contributed by atoms with Gasteiger partial charge < -0.3 is 19.7 Å². The van der Waals surface area contributed by atoms with E-state index in [0.29, 0.717) is 36.8 Å². The number of ether oxygens (including phenoxy) is 1. The number of hydrogen-bond acceptors (Lipinski definition) is 5. The lowest BCUT2D eigenvalue weighted by molar-refractivity contribution is -0.119. The van der Waals surface area contributed by atoms with Crippen molar-refractivity contribution in [3.05, 3.63) is 24.0 Å². The molecule has 0 bridgehead atoms. The first-order valence-electron chi connectivity index (χ1n) is 9.60. The van der Waals surface area contributed by atoms with Crippen LogP contribution in [0.5, 0.6) is 0 Å². The van der Waals surface area contributed by atoms with Gasteiger partial charge >= 0.3 is 6.09 Å². The molecular weight excluding hydrogens is 365 g/mol.